The summed E-state index contributed by atoms with van der Waals surface area (Å²) in [6.07, 6.45) is 4.50. The molecule has 6 rings (SSSR count). The highest BCUT2D eigenvalue weighted by Crippen LogP contribution is 2.47. The third-order valence-electron chi connectivity index (χ3n) is 7.02. The van der Waals surface area contributed by atoms with E-state index in [0.29, 0.717) is 74.5 Å². The second kappa shape index (κ2) is 9.64. The highest BCUT2D eigenvalue weighted by Gasteiger charge is 2.39. The van der Waals surface area contributed by atoms with E-state index in [2.05, 4.69) is 26.1 Å². The summed E-state index contributed by atoms with van der Waals surface area (Å²) in [4.78, 5) is 4.54. The Kier molecular flexibility index (Phi) is 6.63. The first-order chi connectivity index (χ1) is 17.3. The number of hydrogen-bond acceptors (Lipinski definition) is 6. The molecular weight excluding hydrogens is 590 g/mol. The Morgan fingerprint density at radius 1 is 1.17 bits per heavy atom. The molecule has 2 heterocycles. The van der Waals surface area contributed by atoms with E-state index in [1.54, 1.807) is 24.3 Å². The molecule has 1 N–H and O–H groups in total. The van der Waals surface area contributed by atoms with Crippen LogP contribution in [0, 0.1) is 5.82 Å². The molecule has 188 valence electrons. The number of fused-ring (bicyclic) bond motifs is 1. The molecule has 36 heavy (non-hydrogen) atoms. The predicted octanol–water partition coefficient (Wildman–Crippen LogP) is 8.38. The Morgan fingerprint density at radius 3 is 2.58 bits per heavy atom. The summed E-state index contributed by atoms with van der Waals surface area (Å²) in [5.41, 5.74) is 1.71. The van der Waals surface area contributed by atoms with Gasteiger partial charge in [0.05, 0.1) is 37.4 Å². The van der Waals surface area contributed by atoms with Crippen molar-refractivity contribution in [3.05, 3.63) is 67.0 Å². The lowest BCUT2D eigenvalue weighted by molar-refractivity contribution is -0.0640. The van der Waals surface area contributed by atoms with Crippen molar-refractivity contribution in [1.82, 2.24) is 10.1 Å². The summed E-state index contributed by atoms with van der Waals surface area (Å²) in [6, 6.07) is 8.49. The fourth-order valence-electron chi connectivity index (χ4n) is 4.82. The van der Waals surface area contributed by atoms with E-state index in [1.165, 1.54) is 17.4 Å². The van der Waals surface area contributed by atoms with Crippen molar-refractivity contribution in [1.29, 1.82) is 0 Å². The molecular formula is C26H22BrCl2FN2O3S. The van der Waals surface area contributed by atoms with E-state index in [4.69, 9.17) is 32.5 Å². The molecule has 0 atom stereocenters. The number of rotatable bonds is 6. The Hall–Kier alpha value is -1.55. The van der Waals surface area contributed by atoms with Gasteiger partial charge in [0.1, 0.15) is 27.9 Å². The second-order valence-corrected chi connectivity index (χ2v) is 12.2. The van der Waals surface area contributed by atoms with Gasteiger partial charge in [-0.25, -0.2) is 9.37 Å². The van der Waals surface area contributed by atoms with Gasteiger partial charge in [-0.2, -0.15) is 0 Å². The van der Waals surface area contributed by atoms with Gasteiger partial charge in [-0.1, -0.05) is 34.4 Å². The van der Waals surface area contributed by atoms with E-state index in [1.807, 2.05) is 0 Å². The minimum absolute atomic E-state index is 0.0252. The quantitative estimate of drug-likeness (QED) is 0.237. The van der Waals surface area contributed by atoms with Gasteiger partial charge in [-0.05, 0) is 72.7 Å². The standard InChI is InChI=1S/C26H22BrCl2FN2O3S/c27-16-10-21-20(11-19(16)30)31-25(36-21)26(33)8-6-14(7-9-26)34-12-15-23(32-35-24(15)13-4-5-13)22-17(28)2-1-3-18(22)29/h1-3,10-11,13-14,33H,4-9,12H2/t14-,26-. The minimum atomic E-state index is -1.04. The molecule has 2 fully saturated rings. The molecule has 0 spiro atoms. The molecule has 2 aliphatic carbocycles. The third-order valence-corrected chi connectivity index (χ3v) is 9.47. The summed E-state index contributed by atoms with van der Waals surface area (Å²) < 4.78 is 27.2. The van der Waals surface area contributed by atoms with Gasteiger partial charge in [-0.15, -0.1) is 11.3 Å². The smallest absolute Gasteiger partial charge is 0.145 e. The normalized spacial score (nSPS) is 22.4. The number of thiazole rings is 1. The Bertz CT molecular complexity index is 1390. The molecule has 0 bridgehead atoms. The molecule has 0 saturated heterocycles. The first-order valence-electron chi connectivity index (χ1n) is 11.9. The van der Waals surface area contributed by atoms with Gasteiger partial charge in [0.15, 0.2) is 0 Å². The van der Waals surface area contributed by atoms with Crippen molar-refractivity contribution in [3.63, 3.8) is 0 Å². The van der Waals surface area contributed by atoms with Gasteiger partial charge in [-0.3, -0.25) is 0 Å². The van der Waals surface area contributed by atoms with Crippen molar-refractivity contribution in [3.8, 4) is 11.3 Å². The lowest BCUT2D eigenvalue weighted by atomic mass is 9.83. The molecule has 2 aliphatic rings. The van der Waals surface area contributed by atoms with Crippen LogP contribution in [-0.4, -0.2) is 21.4 Å². The highest BCUT2D eigenvalue weighted by molar-refractivity contribution is 9.10. The lowest BCUT2D eigenvalue weighted by Gasteiger charge is -2.34. The first-order valence-corrected chi connectivity index (χ1v) is 14.2. The molecule has 10 heteroatoms. The molecule has 0 unspecified atom stereocenters. The van der Waals surface area contributed by atoms with Gasteiger partial charge >= 0.3 is 0 Å². The maximum absolute atomic E-state index is 13.9. The number of halogens is 4. The number of benzene rings is 2. The van der Waals surface area contributed by atoms with E-state index in [9.17, 15) is 9.50 Å². The predicted molar refractivity (Wildman–Crippen MR) is 142 cm³/mol. The van der Waals surface area contributed by atoms with Crippen LogP contribution >= 0.6 is 50.5 Å². The van der Waals surface area contributed by atoms with Gasteiger partial charge < -0.3 is 14.4 Å². The van der Waals surface area contributed by atoms with E-state index in [0.717, 1.165) is 28.9 Å². The van der Waals surface area contributed by atoms with Crippen LogP contribution in [0.4, 0.5) is 4.39 Å². The summed E-state index contributed by atoms with van der Waals surface area (Å²) in [5.74, 6) is 0.841. The molecule has 5 nitrogen and oxygen atoms in total. The Balaban J connectivity index is 1.18. The highest BCUT2D eigenvalue weighted by atomic mass is 79.9. The lowest BCUT2D eigenvalue weighted by Crippen LogP contribution is -2.34. The Labute approximate surface area is 229 Å². The fourth-order valence-corrected chi connectivity index (χ4v) is 7.03. The number of ether oxygens (including phenoxy) is 1. The van der Waals surface area contributed by atoms with E-state index in [-0.39, 0.29) is 11.9 Å². The van der Waals surface area contributed by atoms with Crippen molar-refractivity contribution in [2.45, 2.75) is 62.8 Å². The van der Waals surface area contributed by atoms with Crippen LogP contribution in [0.1, 0.15) is 60.8 Å². The van der Waals surface area contributed by atoms with Gasteiger partial charge in [0.25, 0.3) is 0 Å². The number of hydrogen-bond donors (Lipinski definition) is 1. The Morgan fingerprint density at radius 2 is 1.89 bits per heavy atom. The molecule has 0 aliphatic heterocycles. The zero-order chi connectivity index (χ0) is 25.0. The van der Waals surface area contributed by atoms with E-state index < -0.39 is 5.60 Å². The zero-order valence-corrected chi connectivity index (χ0v) is 23.0. The minimum Gasteiger partial charge on any atom is -0.383 e. The largest absolute Gasteiger partial charge is 0.383 e. The number of aliphatic hydroxyl groups is 1. The average molecular weight is 612 g/mol. The summed E-state index contributed by atoms with van der Waals surface area (Å²) in [7, 11) is 0. The molecule has 2 aromatic carbocycles. The van der Waals surface area contributed by atoms with Crippen molar-refractivity contribution in [2.24, 2.45) is 0 Å². The van der Waals surface area contributed by atoms with Gasteiger partial charge in [0, 0.05) is 23.1 Å². The third kappa shape index (κ3) is 4.61. The van der Waals surface area contributed by atoms with Crippen LogP contribution in [0.15, 0.2) is 39.3 Å². The molecule has 4 aromatic rings. The molecule has 2 aromatic heterocycles. The van der Waals surface area contributed by atoms with Crippen LogP contribution < -0.4 is 0 Å². The van der Waals surface area contributed by atoms with Crippen molar-refractivity contribution < 1.29 is 18.8 Å². The summed E-state index contributed by atoms with van der Waals surface area (Å²) in [5, 5.41) is 17.4. The maximum Gasteiger partial charge on any atom is 0.145 e. The zero-order valence-electron chi connectivity index (χ0n) is 19.1. The fraction of sp³-hybridized carbons (Fsp3) is 0.385. The van der Waals surface area contributed by atoms with Gasteiger partial charge in [0.2, 0.25) is 0 Å². The molecule has 2 saturated carbocycles. The van der Waals surface area contributed by atoms with Crippen LogP contribution in [0.25, 0.3) is 21.5 Å². The maximum atomic E-state index is 13.9. The van der Waals surface area contributed by atoms with Crippen LogP contribution in [-0.2, 0) is 16.9 Å². The van der Waals surface area contributed by atoms with Crippen LogP contribution in [0.3, 0.4) is 0 Å². The number of aromatic nitrogens is 2. The van der Waals surface area contributed by atoms with Crippen molar-refractivity contribution in [2.75, 3.05) is 0 Å². The summed E-state index contributed by atoms with van der Waals surface area (Å²) in [6.45, 7) is 0.337. The second-order valence-electron chi connectivity index (χ2n) is 9.54. The van der Waals surface area contributed by atoms with E-state index >= 15 is 0 Å². The monoisotopic (exact) mass is 610 g/mol. The molecule has 0 amide bonds. The van der Waals surface area contributed by atoms with Crippen LogP contribution in [0.2, 0.25) is 10.0 Å². The average Bonchev–Trinajstić information content (AvgIpc) is 3.48. The van der Waals surface area contributed by atoms with Crippen LogP contribution in [0.5, 0.6) is 0 Å². The first kappa shape index (κ1) is 24.8. The molecule has 0 radical (unpaired) electrons. The summed E-state index contributed by atoms with van der Waals surface area (Å²) >= 11 is 17.6. The topological polar surface area (TPSA) is 68.4 Å². The number of nitrogens with zero attached hydrogens (tertiary/aromatic N) is 2. The SMILES string of the molecule is O[C@]1(c2nc3cc(F)c(Br)cc3s2)CC[C@@H](OCc2c(-c3c(Cl)cccc3Cl)noc2C2CC2)CC1. The van der Waals surface area contributed by atoms with Crippen molar-refractivity contribution >= 4 is 60.7 Å².